The SMILES string of the molecule is COc1ccc(C2(C(=O)N3C[C@@H](F)CC3C(=O)Nc3cccc4[nH]ncc34)CCCC2)cc1. The maximum absolute atomic E-state index is 14.6. The third kappa shape index (κ3) is 3.73. The number of H-pyrrole nitrogens is 1. The lowest BCUT2D eigenvalue weighted by Crippen LogP contribution is -2.51. The fourth-order valence-electron chi connectivity index (χ4n) is 5.34. The number of alkyl halides is 1. The number of hydrogen-bond donors (Lipinski definition) is 2. The second kappa shape index (κ2) is 8.50. The minimum Gasteiger partial charge on any atom is -0.497 e. The second-order valence-electron chi connectivity index (χ2n) is 8.95. The largest absolute Gasteiger partial charge is 0.497 e. The second-order valence-corrected chi connectivity index (χ2v) is 8.95. The number of methoxy groups -OCH3 is 1. The Morgan fingerprint density at radius 3 is 2.67 bits per heavy atom. The van der Waals surface area contributed by atoms with Gasteiger partial charge in [-0.2, -0.15) is 5.10 Å². The smallest absolute Gasteiger partial charge is 0.247 e. The van der Waals surface area contributed by atoms with Crippen molar-refractivity contribution in [1.29, 1.82) is 0 Å². The molecule has 2 aliphatic rings. The number of aromatic nitrogens is 2. The van der Waals surface area contributed by atoms with Crippen molar-refractivity contribution >= 4 is 28.4 Å². The zero-order chi connectivity index (χ0) is 23.0. The molecule has 2 heterocycles. The van der Waals surface area contributed by atoms with Crippen LogP contribution in [0.1, 0.15) is 37.7 Å². The van der Waals surface area contributed by atoms with E-state index in [-0.39, 0.29) is 24.8 Å². The van der Waals surface area contributed by atoms with Crippen LogP contribution in [0.5, 0.6) is 5.75 Å². The Bertz CT molecular complexity index is 1170. The highest BCUT2D eigenvalue weighted by Gasteiger charge is 2.50. The molecule has 0 radical (unpaired) electrons. The first-order valence-corrected chi connectivity index (χ1v) is 11.3. The van der Waals surface area contributed by atoms with Crippen LogP contribution in [0.15, 0.2) is 48.7 Å². The van der Waals surface area contributed by atoms with Crippen molar-refractivity contribution < 1.29 is 18.7 Å². The summed E-state index contributed by atoms with van der Waals surface area (Å²) in [5.41, 5.74) is 1.54. The van der Waals surface area contributed by atoms with Crippen molar-refractivity contribution in [2.45, 2.75) is 49.7 Å². The van der Waals surface area contributed by atoms with E-state index in [4.69, 9.17) is 4.74 Å². The molecule has 0 spiro atoms. The molecule has 7 nitrogen and oxygen atoms in total. The van der Waals surface area contributed by atoms with Crippen molar-refractivity contribution in [3.63, 3.8) is 0 Å². The van der Waals surface area contributed by atoms with Gasteiger partial charge >= 0.3 is 0 Å². The fourth-order valence-corrected chi connectivity index (χ4v) is 5.34. The number of nitrogens with zero attached hydrogens (tertiary/aromatic N) is 2. The first-order valence-electron chi connectivity index (χ1n) is 11.3. The predicted molar refractivity (Wildman–Crippen MR) is 123 cm³/mol. The topological polar surface area (TPSA) is 87.3 Å². The molecule has 1 aromatic heterocycles. The molecule has 172 valence electrons. The van der Waals surface area contributed by atoms with Crippen LogP contribution in [0.2, 0.25) is 0 Å². The quantitative estimate of drug-likeness (QED) is 0.616. The summed E-state index contributed by atoms with van der Waals surface area (Å²) in [5, 5.41) is 10.6. The molecule has 2 fully saturated rings. The van der Waals surface area contributed by atoms with E-state index < -0.39 is 17.6 Å². The molecular weight excluding hydrogens is 423 g/mol. The third-order valence-corrected chi connectivity index (χ3v) is 7.07. The van der Waals surface area contributed by atoms with E-state index in [1.54, 1.807) is 19.4 Å². The summed E-state index contributed by atoms with van der Waals surface area (Å²) in [6, 6.07) is 12.1. The molecule has 2 aromatic carbocycles. The Hall–Kier alpha value is -3.42. The maximum atomic E-state index is 14.6. The van der Waals surface area contributed by atoms with Crippen LogP contribution >= 0.6 is 0 Å². The molecule has 1 aliphatic heterocycles. The highest BCUT2D eigenvalue weighted by molar-refractivity contribution is 6.04. The lowest BCUT2D eigenvalue weighted by atomic mass is 9.77. The third-order valence-electron chi connectivity index (χ3n) is 7.07. The van der Waals surface area contributed by atoms with Crippen molar-refractivity contribution in [2.75, 3.05) is 19.0 Å². The van der Waals surface area contributed by atoms with Gasteiger partial charge in [-0.1, -0.05) is 31.0 Å². The van der Waals surface area contributed by atoms with Crippen molar-refractivity contribution in [3.05, 3.63) is 54.2 Å². The van der Waals surface area contributed by atoms with Gasteiger partial charge in [-0.3, -0.25) is 14.7 Å². The van der Waals surface area contributed by atoms with E-state index in [1.807, 2.05) is 36.4 Å². The Balaban J connectivity index is 1.43. The molecule has 3 aromatic rings. The molecule has 1 aliphatic carbocycles. The summed E-state index contributed by atoms with van der Waals surface area (Å²) in [5.74, 6) is 0.182. The van der Waals surface area contributed by atoms with Gasteiger partial charge in [-0.25, -0.2) is 4.39 Å². The number of ether oxygens (including phenoxy) is 1. The molecule has 33 heavy (non-hydrogen) atoms. The van der Waals surface area contributed by atoms with Gasteiger partial charge in [0.05, 0.1) is 36.5 Å². The van der Waals surface area contributed by atoms with Crippen LogP contribution in [-0.2, 0) is 15.0 Å². The number of fused-ring (bicyclic) bond motifs is 1. The first-order chi connectivity index (χ1) is 16.0. The normalized spacial score (nSPS) is 21.9. The number of rotatable bonds is 5. The van der Waals surface area contributed by atoms with Crippen LogP contribution in [0.3, 0.4) is 0 Å². The van der Waals surface area contributed by atoms with Crippen LogP contribution in [-0.4, -0.2) is 52.8 Å². The molecule has 2 N–H and O–H groups in total. The van der Waals surface area contributed by atoms with Crippen molar-refractivity contribution in [1.82, 2.24) is 15.1 Å². The minimum atomic E-state index is -1.23. The number of likely N-dealkylation sites (tertiary alicyclic amines) is 1. The van der Waals surface area contributed by atoms with Gasteiger partial charge in [0.25, 0.3) is 0 Å². The molecule has 1 saturated heterocycles. The van der Waals surface area contributed by atoms with Gasteiger partial charge in [-0.15, -0.1) is 0 Å². The van der Waals surface area contributed by atoms with E-state index in [0.717, 1.165) is 35.1 Å². The van der Waals surface area contributed by atoms with Gasteiger partial charge in [-0.05, 0) is 42.7 Å². The number of nitrogens with one attached hydrogen (secondary N) is 2. The number of aromatic amines is 1. The van der Waals surface area contributed by atoms with Crippen LogP contribution < -0.4 is 10.1 Å². The number of halogens is 1. The van der Waals surface area contributed by atoms with Gasteiger partial charge in [0.2, 0.25) is 11.8 Å². The zero-order valence-electron chi connectivity index (χ0n) is 18.5. The summed E-state index contributed by atoms with van der Waals surface area (Å²) in [6.45, 7) is -0.0647. The predicted octanol–water partition coefficient (Wildman–Crippen LogP) is 3.96. The lowest BCUT2D eigenvalue weighted by molar-refractivity contribution is -0.141. The van der Waals surface area contributed by atoms with Crippen molar-refractivity contribution in [3.8, 4) is 5.75 Å². The molecule has 2 amide bonds. The Kier molecular flexibility index (Phi) is 5.52. The number of benzene rings is 2. The average molecular weight is 451 g/mol. The summed E-state index contributed by atoms with van der Waals surface area (Å²) in [6.07, 6.45) is 3.62. The Labute approximate surface area is 191 Å². The van der Waals surface area contributed by atoms with Gasteiger partial charge in [0.1, 0.15) is 18.0 Å². The van der Waals surface area contributed by atoms with Gasteiger partial charge < -0.3 is 15.0 Å². The van der Waals surface area contributed by atoms with E-state index in [2.05, 4.69) is 15.5 Å². The number of anilines is 1. The number of carbonyl (C=O) groups is 2. The summed E-state index contributed by atoms with van der Waals surface area (Å²) in [7, 11) is 1.60. The van der Waals surface area contributed by atoms with Crippen molar-refractivity contribution in [2.24, 2.45) is 0 Å². The molecule has 8 heteroatoms. The maximum Gasteiger partial charge on any atom is 0.247 e. The zero-order valence-corrected chi connectivity index (χ0v) is 18.5. The highest BCUT2D eigenvalue weighted by Crippen LogP contribution is 2.44. The summed E-state index contributed by atoms with van der Waals surface area (Å²) < 4.78 is 19.9. The molecule has 2 atom stereocenters. The minimum absolute atomic E-state index is 0.00235. The van der Waals surface area contributed by atoms with Crippen LogP contribution in [0.25, 0.3) is 10.9 Å². The van der Waals surface area contributed by atoms with Crippen LogP contribution in [0.4, 0.5) is 10.1 Å². The monoisotopic (exact) mass is 450 g/mol. The Morgan fingerprint density at radius 1 is 1.18 bits per heavy atom. The van der Waals surface area contributed by atoms with E-state index in [9.17, 15) is 14.0 Å². The molecule has 1 saturated carbocycles. The first kappa shape index (κ1) is 21.4. The molecule has 1 unspecified atom stereocenters. The van der Waals surface area contributed by atoms with E-state index in [0.29, 0.717) is 18.5 Å². The average Bonchev–Trinajstić information content (AvgIpc) is 3.59. The van der Waals surface area contributed by atoms with Crippen LogP contribution in [0, 0.1) is 0 Å². The summed E-state index contributed by atoms with van der Waals surface area (Å²) >= 11 is 0. The van der Waals surface area contributed by atoms with Gasteiger partial charge in [0, 0.05) is 11.8 Å². The highest BCUT2D eigenvalue weighted by atomic mass is 19.1. The van der Waals surface area contributed by atoms with E-state index in [1.165, 1.54) is 4.90 Å². The Morgan fingerprint density at radius 2 is 1.94 bits per heavy atom. The summed E-state index contributed by atoms with van der Waals surface area (Å²) in [4.78, 5) is 28.7. The standard InChI is InChI=1S/C25H27FN4O3/c1-33-18-9-7-16(8-10-18)25(11-2-3-12-25)24(32)30-15-17(26)13-22(30)23(31)28-20-5-4-6-21-19(20)14-27-29-21/h4-10,14,17,22H,2-3,11-13,15H2,1H3,(H,27,29)(H,28,31)/t17-,22?/m0/s1. The number of carbonyl (C=O) groups excluding carboxylic acids is 2. The lowest BCUT2D eigenvalue weighted by Gasteiger charge is -2.35. The number of hydrogen-bond acceptors (Lipinski definition) is 4. The fraction of sp³-hybridized carbons (Fsp3) is 0.400. The molecular formula is C25H27FN4O3. The molecule has 0 bridgehead atoms. The number of amides is 2. The molecule has 5 rings (SSSR count). The van der Waals surface area contributed by atoms with Gasteiger partial charge in [0.15, 0.2) is 0 Å². The van der Waals surface area contributed by atoms with E-state index >= 15 is 0 Å².